The molecule has 1 N–H and O–H groups in total. The van der Waals surface area contributed by atoms with E-state index in [4.69, 9.17) is 5.10 Å². The van der Waals surface area contributed by atoms with E-state index in [1.54, 1.807) is 0 Å². The summed E-state index contributed by atoms with van der Waals surface area (Å²) in [6, 6.07) is 29.9. The molecule has 3 aromatic carbocycles. The Hall–Kier alpha value is -4.19. The van der Waals surface area contributed by atoms with E-state index < -0.39 is 0 Å². The van der Waals surface area contributed by atoms with Crippen molar-refractivity contribution in [1.29, 1.82) is 0 Å². The van der Waals surface area contributed by atoms with Crippen molar-refractivity contribution in [2.24, 2.45) is 5.92 Å². The number of hydrogen-bond acceptors (Lipinski definition) is 3. The molecule has 0 saturated carbocycles. The van der Waals surface area contributed by atoms with Gasteiger partial charge in [-0.2, -0.15) is 5.10 Å². The normalized spacial score (nSPS) is 13.9. The van der Waals surface area contributed by atoms with Crippen LogP contribution in [0.5, 0.6) is 0 Å². The maximum atomic E-state index is 13.6. The summed E-state index contributed by atoms with van der Waals surface area (Å²) in [6.45, 7) is 2.23. The van der Waals surface area contributed by atoms with Crippen molar-refractivity contribution >= 4 is 11.8 Å². The lowest BCUT2D eigenvalue weighted by Crippen LogP contribution is -2.43. The second kappa shape index (κ2) is 11.0. The molecule has 0 atom stereocenters. The Bertz CT molecular complexity index is 1290. The number of nitrogens with zero attached hydrogens (tertiary/aromatic N) is 3. The monoisotopic (exact) mass is 478 g/mol. The number of amides is 2. The molecule has 1 saturated heterocycles. The molecule has 0 unspecified atom stereocenters. The number of piperidine rings is 1. The SMILES string of the molecule is O=C(NCc1ccccc1)C1CCN(C(=O)c2cn(Cc3ccccc3)nc2-c2ccccc2)CC1. The van der Waals surface area contributed by atoms with Gasteiger partial charge in [0.05, 0.1) is 12.1 Å². The average Bonchev–Trinajstić information content (AvgIpc) is 3.36. The molecule has 4 aromatic rings. The minimum Gasteiger partial charge on any atom is -0.352 e. The third-order valence-electron chi connectivity index (χ3n) is 6.69. The molecule has 1 fully saturated rings. The highest BCUT2D eigenvalue weighted by atomic mass is 16.2. The molecule has 1 aromatic heterocycles. The number of nitrogens with one attached hydrogen (secondary N) is 1. The number of benzene rings is 3. The lowest BCUT2D eigenvalue weighted by molar-refractivity contribution is -0.126. The third kappa shape index (κ3) is 5.54. The first-order chi connectivity index (χ1) is 17.7. The fourth-order valence-corrected chi connectivity index (χ4v) is 4.68. The Morgan fingerprint density at radius 1 is 0.806 bits per heavy atom. The quantitative estimate of drug-likeness (QED) is 0.416. The summed E-state index contributed by atoms with van der Waals surface area (Å²) < 4.78 is 1.84. The van der Waals surface area contributed by atoms with Crippen LogP contribution in [0.2, 0.25) is 0 Å². The molecule has 6 nitrogen and oxygen atoms in total. The topological polar surface area (TPSA) is 67.2 Å². The van der Waals surface area contributed by atoms with Crippen molar-refractivity contribution in [1.82, 2.24) is 20.0 Å². The van der Waals surface area contributed by atoms with Crippen molar-refractivity contribution < 1.29 is 9.59 Å². The van der Waals surface area contributed by atoms with Crippen LogP contribution in [0.3, 0.4) is 0 Å². The van der Waals surface area contributed by atoms with E-state index in [0.29, 0.717) is 50.3 Å². The average molecular weight is 479 g/mol. The van der Waals surface area contributed by atoms with Gasteiger partial charge in [0.1, 0.15) is 5.69 Å². The smallest absolute Gasteiger partial charge is 0.257 e. The van der Waals surface area contributed by atoms with E-state index in [-0.39, 0.29) is 17.7 Å². The second-order valence-corrected chi connectivity index (χ2v) is 9.21. The van der Waals surface area contributed by atoms with Crippen molar-refractivity contribution in [3.63, 3.8) is 0 Å². The summed E-state index contributed by atoms with van der Waals surface area (Å²) >= 11 is 0. The molecule has 36 heavy (non-hydrogen) atoms. The minimum absolute atomic E-state index is 0.0312. The van der Waals surface area contributed by atoms with Gasteiger partial charge in [0.25, 0.3) is 5.91 Å². The first kappa shape index (κ1) is 23.5. The van der Waals surface area contributed by atoms with Crippen LogP contribution in [0, 0.1) is 5.92 Å². The summed E-state index contributed by atoms with van der Waals surface area (Å²) in [5.74, 6) is -0.0462. The van der Waals surface area contributed by atoms with E-state index in [1.165, 1.54) is 0 Å². The van der Waals surface area contributed by atoms with Gasteiger partial charge in [-0.3, -0.25) is 14.3 Å². The van der Waals surface area contributed by atoms with E-state index in [0.717, 1.165) is 16.7 Å². The summed E-state index contributed by atoms with van der Waals surface area (Å²) in [5.41, 5.74) is 4.42. The molecule has 182 valence electrons. The molecule has 2 amide bonds. The van der Waals surface area contributed by atoms with Crippen molar-refractivity contribution in [3.8, 4) is 11.3 Å². The minimum atomic E-state index is -0.0767. The lowest BCUT2D eigenvalue weighted by atomic mass is 9.95. The number of likely N-dealkylation sites (tertiary alicyclic amines) is 1. The van der Waals surface area contributed by atoms with Crippen molar-refractivity contribution in [2.45, 2.75) is 25.9 Å². The molecule has 6 heteroatoms. The number of aromatic nitrogens is 2. The van der Waals surface area contributed by atoms with Gasteiger partial charge in [-0.25, -0.2) is 0 Å². The molecule has 0 bridgehead atoms. The van der Waals surface area contributed by atoms with Crippen molar-refractivity contribution in [3.05, 3.63) is 114 Å². The maximum absolute atomic E-state index is 13.6. The highest BCUT2D eigenvalue weighted by molar-refractivity contribution is 6.00. The van der Waals surface area contributed by atoms with E-state index >= 15 is 0 Å². The van der Waals surface area contributed by atoms with Crippen LogP contribution in [-0.2, 0) is 17.9 Å². The van der Waals surface area contributed by atoms with Gasteiger partial charge < -0.3 is 10.2 Å². The van der Waals surface area contributed by atoms with Crippen LogP contribution < -0.4 is 5.32 Å². The maximum Gasteiger partial charge on any atom is 0.257 e. The zero-order valence-electron chi connectivity index (χ0n) is 20.2. The Morgan fingerprint density at radius 3 is 2.03 bits per heavy atom. The Balaban J connectivity index is 1.27. The fraction of sp³-hybridized carbons (Fsp3) is 0.233. The first-order valence-corrected chi connectivity index (χ1v) is 12.4. The van der Waals surface area contributed by atoms with Gasteiger partial charge in [0.2, 0.25) is 5.91 Å². The summed E-state index contributed by atoms with van der Waals surface area (Å²) in [4.78, 5) is 28.2. The zero-order valence-corrected chi connectivity index (χ0v) is 20.2. The van der Waals surface area contributed by atoms with Crippen LogP contribution in [0.15, 0.2) is 97.2 Å². The van der Waals surface area contributed by atoms with Crippen LogP contribution in [0.4, 0.5) is 0 Å². The standard InChI is InChI=1S/C30H30N4O2/c35-29(31-20-23-10-4-1-5-11-23)26-16-18-33(19-17-26)30(36)27-22-34(21-24-12-6-2-7-13-24)32-28(27)25-14-8-3-9-15-25/h1-15,22,26H,16-21H2,(H,31,35). The first-order valence-electron chi connectivity index (χ1n) is 12.4. The molecule has 5 rings (SSSR count). The van der Waals surface area contributed by atoms with Crippen LogP contribution in [-0.4, -0.2) is 39.6 Å². The molecular weight excluding hydrogens is 448 g/mol. The number of rotatable bonds is 7. The highest BCUT2D eigenvalue weighted by Crippen LogP contribution is 2.26. The molecular formula is C30H30N4O2. The predicted octanol–water partition coefficient (Wildman–Crippen LogP) is 4.77. The largest absolute Gasteiger partial charge is 0.352 e. The van der Waals surface area contributed by atoms with Gasteiger partial charge >= 0.3 is 0 Å². The van der Waals surface area contributed by atoms with Gasteiger partial charge in [0, 0.05) is 37.3 Å². The predicted molar refractivity (Wildman–Crippen MR) is 140 cm³/mol. The number of hydrogen-bond donors (Lipinski definition) is 1. The molecule has 0 spiro atoms. The second-order valence-electron chi connectivity index (χ2n) is 9.21. The van der Waals surface area contributed by atoms with Crippen LogP contribution in [0.25, 0.3) is 11.3 Å². The summed E-state index contributed by atoms with van der Waals surface area (Å²) in [7, 11) is 0. The zero-order chi connectivity index (χ0) is 24.7. The number of carbonyl (C=O) groups excluding carboxylic acids is 2. The van der Waals surface area contributed by atoms with Gasteiger partial charge in [-0.05, 0) is 24.0 Å². The van der Waals surface area contributed by atoms with Crippen LogP contribution >= 0.6 is 0 Å². The van der Waals surface area contributed by atoms with E-state index in [9.17, 15) is 9.59 Å². The summed E-state index contributed by atoms with van der Waals surface area (Å²) in [5, 5.41) is 7.84. The molecule has 2 heterocycles. The molecule has 0 radical (unpaired) electrons. The molecule has 1 aliphatic heterocycles. The Morgan fingerprint density at radius 2 is 1.39 bits per heavy atom. The Kier molecular flexibility index (Phi) is 7.22. The molecule has 0 aliphatic carbocycles. The van der Waals surface area contributed by atoms with Crippen LogP contribution in [0.1, 0.15) is 34.3 Å². The highest BCUT2D eigenvalue weighted by Gasteiger charge is 2.30. The van der Waals surface area contributed by atoms with Gasteiger partial charge in [-0.15, -0.1) is 0 Å². The van der Waals surface area contributed by atoms with Gasteiger partial charge in [0.15, 0.2) is 0 Å². The molecule has 1 aliphatic rings. The summed E-state index contributed by atoms with van der Waals surface area (Å²) in [6.07, 6.45) is 3.17. The van der Waals surface area contributed by atoms with E-state index in [2.05, 4.69) is 17.4 Å². The van der Waals surface area contributed by atoms with Gasteiger partial charge in [-0.1, -0.05) is 91.0 Å². The number of carbonyl (C=O) groups is 2. The van der Waals surface area contributed by atoms with Crippen molar-refractivity contribution in [2.75, 3.05) is 13.1 Å². The van der Waals surface area contributed by atoms with E-state index in [1.807, 2.05) is 94.6 Å². The fourth-order valence-electron chi connectivity index (χ4n) is 4.68. The Labute approximate surface area is 211 Å². The third-order valence-corrected chi connectivity index (χ3v) is 6.69. The lowest BCUT2D eigenvalue weighted by Gasteiger charge is -2.31.